The Morgan fingerprint density at radius 1 is 1.14 bits per heavy atom. The highest BCUT2D eigenvalue weighted by atomic mass is 19.1. The van der Waals surface area contributed by atoms with E-state index in [-0.39, 0.29) is 29.9 Å². The summed E-state index contributed by atoms with van der Waals surface area (Å²) < 4.78 is 30.1. The minimum absolute atomic E-state index is 0.0190. The molecule has 0 spiro atoms. The monoisotopic (exact) mass is 501 g/mol. The molecule has 2 atom stereocenters. The molecule has 4 heterocycles. The first-order valence-electron chi connectivity index (χ1n) is 12.1. The largest absolute Gasteiger partial charge is 0.348 e. The number of fused-ring (bicyclic) bond motifs is 2. The molecule has 0 saturated carbocycles. The molecule has 2 aromatic carbocycles. The second-order valence-electron chi connectivity index (χ2n) is 9.71. The van der Waals surface area contributed by atoms with E-state index in [0.29, 0.717) is 30.7 Å². The van der Waals surface area contributed by atoms with Crippen molar-refractivity contribution in [2.75, 3.05) is 20.1 Å². The summed E-state index contributed by atoms with van der Waals surface area (Å²) in [6, 6.07) is 13.0. The molecule has 8 nitrogen and oxygen atoms in total. The molecule has 1 aliphatic heterocycles. The molecule has 188 valence electrons. The lowest BCUT2D eigenvalue weighted by Gasteiger charge is -2.36. The molecule has 37 heavy (non-hydrogen) atoms. The number of nitrogens with one attached hydrogen (secondary N) is 2. The van der Waals surface area contributed by atoms with Crippen LogP contribution in [0.25, 0.3) is 27.8 Å². The van der Waals surface area contributed by atoms with Gasteiger partial charge >= 0.3 is 0 Å². The second kappa shape index (κ2) is 9.36. The number of nitrogens with zero attached hydrogens (tertiary/aromatic N) is 5. The molecule has 6 rings (SSSR count). The number of carbonyl (C=O) groups is 1. The van der Waals surface area contributed by atoms with Gasteiger partial charge in [0.15, 0.2) is 5.65 Å². The highest BCUT2D eigenvalue weighted by Gasteiger charge is 2.28. The van der Waals surface area contributed by atoms with Crippen LogP contribution in [0, 0.1) is 17.6 Å². The van der Waals surface area contributed by atoms with Crippen LogP contribution >= 0.6 is 0 Å². The number of pyridine rings is 1. The SMILES string of the molecule is CN1CC(Cc2c(F)cccc2F)CC(NC(=O)c2ccc3[nH]nc(-c4ccn5ncnc5c4)c3c2)C1. The van der Waals surface area contributed by atoms with E-state index in [0.717, 1.165) is 22.2 Å². The molecule has 0 aliphatic carbocycles. The van der Waals surface area contributed by atoms with E-state index in [1.807, 2.05) is 37.5 Å². The summed E-state index contributed by atoms with van der Waals surface area (Å²) >= 11 is 0. The second-order valence-corrected chi connectivity index (χ2v) is 9.71. The minimum atomic E-state index is -0.527. The Balaban J connectivity index is 1.21. The highest BCUT2D eigenvalue weighted by Crippen LogP contribution is 2.28. The average Bonchev–Trinajstić information content (AvgIpc) is 3.52. The van der Waals surface area contributed by atoms with Crippen molar-refractivity contribution in [3.05, 3.63) is 83.8 Å². The molecule has 10 heteroatoms. The van der Waals surface area contributed by atoms with Gasteiger partial charge in [-0.1, -0.05) is 6.07 Å². The van der Waals surface area contributed by atoms with E-state index in [1.165, 1.54) is 24.5 Å². The summed E-state index contributed by atoms with van der Waals surface area (Å²) in [5.41, 5.74) is 3.73. The van der Waals surface area contributed by atoms with Crippen molar-refractivity contribution in [1.82, 2.24) is 35.0 Å². The maximum Gasteiger partial charge on any atom is 0.251 e. The van der Waals surface area contributed by atoms with Crippen LogP contribution in [0.2, 0.25) is 0 Å². The van der Waals surface area contributed by atoms with E-state index in [2.05, 4.69) is 30.5 Å². The Bertz CT molecular complexity index is 1590. The first kappa shape index (κ1) is 23.2. The van der Waals surface area contributed by atoms with Crippen molar-refractivity contribution < 1.29 is 13.6 Å². The fourth-order valence-electron chi connectivity index (χ4n) is 5.32. The predicted molar refractivity (Wildman–Crippen MR) is 135 cm³/mol. The number of halogens is 2. The minimum Gasteiger partial charge on any atom is -0.348 e. The van der Waals surface area contributed by atoms with Crippen molar-refractivity contribution in [2.24, 2.45) is 5.92 Å². The third-order valence-corrected chi connectivity index (χ3v) is 6.99. The van der Waals surface area contributed by atoms with Crippen LogP contribution in [-0.4, -0.2) is 61.8 Å². The van der Waals surface area contributed by atoms with Crippen molar-refractivity contribution >= 4 is 22.5 Å². The smallest absolute Gasteiger partial charge is 0.251 e. The molecular formula is C27H25F2N7O. The quantitative estimate of drug-likeness (QED) is 0.382. The van der Waals surface area contributed by atoms with Crippen LogP contribution in [0.3, 0.4) is 0 Å². The van der Waals surface area contributed by atoms with Crippen LogP contribution in [0.5, 0.6) is 0 Å². The summed E-state index contributed by atoms with van der Waals surface area (Å²) in [7, 11) is 1.96. The zero-order valence-electron chi connectivity index (χ0n) is 20.2. The van der Waals surface area contributed by atoms with Crippen LogP contribution in [0.4, 0.5) is 8.78 Å². The topological polar surface area (TPSA) is 91.2 Å². The Morgan fingerprint density at radius 2 is 1.97 bits per heavy atom. The number of aromatic nitrogens is 5. The number of benzene rings is 2. The van der Waals surface area contributed by atoms with Gasteiger partial charge < -0.3 is 10.2 Å². The fraction of sp³-hybridized carbons (Fsp3) is 0.259. The van der Waals surface area contributed by atoms with E-state index in [4.69, 9.17) is 0 Å². The lowest BCUT2D eigenvalue weighted by Crippen LogP contribution is -2.50. The van der Waals surface area contributed by atoms with Crippen molar-refractivity contribution in [3.63, 3.8) is 0 Å². The molecule has 1 saturated heterocycles. The van der Waals surface area contributed by atoms with Crippen molar-refractivity contribution in [1.29, 1.82) is 0 Å². The van der Waals surface area contributed by atoms with E-state index >= 15 is 0 Å². The molecule has 1 fully saturated rings. The van der Waals surface area contributed by atoms with Crippen molar-refractivity contribution in [3.8, 4) is 11.3 Å². The van der Waals surface area contributed by atoms with Crippen LogP contribution < -0.4 is 5.32 Å². The molecule has 5 aromatic rings. The number of likely N-dealkylation sites (tertiary alicyclic amines) is 1. The molecule has 3 aromatic heterocycles. The summed E-state index contributed by atoms with van der Waals surface area (Å²) in [4.78, 5) is 19.6. The van der Waals surface area contributed by atoms with E-state index in [9.17, 15) is 13.6 Å². The lowest BCUT2D eigenvalue weighted by molar-refractivity contribution is 0.0888. The molecule has 0 radical (unpaired) electrons. The fourth-order valence-corrected chi connectivity index (χ4v) is 5.32. The van der Waals surface area contributed by atoms with Gasteiger partial charge in [0.05, 0.1) is 5.52 Å². The number of hydrogen-bond acceptors (Lipinski definition) is 5. The maximum atomic E-state index is 14.2. The molecule has 1 amide bonds. The number of likely N-dealkylation sites (N-methyl/N-ethyl adjacent to an activating group) is 1. The first-order chi connectivity index (χ1) is 17.9. The van der Waals surface area contributed by atoms with Crippen LogP contribution in [0.1, 0.15) is 22.3 Å². The van der Waals surface area contributed by atoms with Gasteiger partial charge in [-0.05, 0) is 68.3 Å². The Kier molecular flexibility index (Phi) is 5.88. The van der Waals surface area contributed by atoms with Gasteiger partial charge in [-0.2, -0.15) is 10.2 Å². The number of H-pyrrole nitrogens is 1. The molecule has 2 N–H and O–H groups in total. The molecular weight excluding hydrogens is 476 g/mol. The summed E-state index contributed by atoms with van der Waals surface area (Å²) in [5, 5.41) is 15.6. The van der Waals surface area contributed by atoms with E-state index in [1.54, 1.807) is 10.6 Å². The Hall–Kier alpha value is -4.18. The number of amides is 1. The van der Waals surface area contributed by atoms with Crippen LogP contribution in [-0.2, 0) is 6.42 Å². The summed E-state index contributed by atoms with van der Waals surface area (Å²) in [5.74, 6) is -1.23. The highest BCUT2D eigenvalue weighted by molar-refractivity contribution is 6.01. The zero-order valence-corrected chi connectivity index (χ0v) is 20.2. The normalized spacial score (nSPS) is 18.5. The third kappa shape index (κ3) is 4.55. The first-order valence-corrected chi connectivity index (χ1v) is 12.1. The molecule has 2 unspecified atom stereocenters. The third-order valence-electron chi connectivity index (χ3n) is 6.99. The number of carbonyl (C=O) groups excluding carboxylic acids is 1. The number of aromatic amines is 1. The van der Waals surface area contributed by atoms with Gasteiger partial charge in [0, 0.05) is 47.4 Å². The van der Waals surface area contributed by atoms with Gasteiger partial charge in [-0.3, -0.25) is 9.89 Å². The number of piperidine rings is 1. The Morgan fingerprint density at radius 3 is 2.81 bits per heavy atom. The standard InChI is InChI=1S/C27H25F2N7O/c1-35-13-16(10-20-22(28)3-2-4-23(20)29)9-19(14-35)32-27(37)18-5-6-24-21(11-18)26(34-33-24)17-7-8-36-25(12-17)30-15-31-36/h2-8,11-12,15-16,19H,9-10,13-14H2,1H3,(H,32,37)(H,33,34). The summed E-state index contributed by atoms with van der Waals surface area (Å²) in [6.45, 7) is 1.38. The predicted octanol–water partition coefficient (Wildman–Crippen LogP) is 3.84. The molecule has 1 aliphatic rings. The van der Waals surface area contributed by atoms with Gasteiger partial charge in [0.1, 0.15) is 23.7 Å². The average molecular weight is 502 g/mol. The summed E-state index contributed by atoms with van der Waals surface area (Å²) in [6.07, 6.45) is 4.24. The van der Waals surface area contributed by atoms with Gasteiger partial charge in [0.25, 0.3) is 5.91 Å². The number of hydrogen-bond donors (Lipinski definition) is 2. The van der Waals surface area contributed by atoms with Crippen LogP contribution in [0.15, 0.2) is 61.1 Å². The maximum absolute atomic E-state index is 14.2. The number of rotatable bonds is 5. The van der Waals surface area contributed by atoms with Gasteiger partial charge in [0.2, 0.25) is 0 Å². The van der Waals surface area contributed by atoms with E-state index < -0.39 is 11.6 Å². The zero-order chi connectivity index (χ0) is 25.5. The van der Waals surface area contributed by atoms with Gasteiger partial charge in [-0.25, -0.2) is 18.3 Å². The van der Waals surface area contributed by atoms with Gasteiger partial charge in [-0.15, -0.1) is 0 Å². The molecule has 0 bridgehead atoms. The Labute approximate surface area is 211 Å². The van der Waals surface area contributed by atoms with Crippen molar-refractivity contribution in [2.45, 2.75) is 18.9 Å². The lowest BCUT2D eigenvalue weighted by atomic mass is 9.88.